The number of alkyl halides is 3. The van der Waals surface area contributed by atoms with Crippen molar-refractivity contribution in [2.24, 2.45) is 0 Å². The summed E-state index contributed by atoms with van der Waals surface area (Å²) in [7, 11) is 0. The normalized spacial score (nSPS) is 11.4. The number of rotatable bonds is 2. The Bertz CT molecular complexity index is 1120. The summed E-state index contributed by atoms with van der Waals surface area (Å²) in [6.45, 7) is 6.29. The highest BCUT2D eigenvalue weighted by Gasteiger charge is 2.29. The van der Waals surface area contributed by atoms with Crippen LogP contribution >= 0.6 is 0 Å². The van der Waals surface area contributed by atoms with E-state index in [0.29, 0.717) is 22.4 Å². The Morgan fingerprint density at radius 1 is 0.806 bits per heavy atom. The van der Waals surface area contributed by atoms with Gasteiger partial charge in [-0.1, -0.05) is 63.1 Å². The molecule has 0 spiro atoms. The number of esters is 1. The highest BCUT2D eigenvalue weighted by Crippen LogP contribution is 2.31. The maximum atomic E-state index is 12.7. The van der Waals surface area contributed by atoms with Crippen molar-refractivity contribution in [3.05, 3.63) is 89.5 Å². The monoisotopic (exact) mass is 422 g/mol. The maximum Gasteiger partial charge on any atom is 0.416 e. The highest BCUT2D eigenvalue weighted by molar-refractivity contribution is 5.91. The summed E-state index contributed by atoms with van der Waals surface area (Å²) in [5.41, 5.74) is 2.30. The third-order valence-electron chi connectivity index (χ3n) is 4.65. The first-order valence-corrected chi connectivity index (χ1v) is 9.64. The molecule has 0 fully saturated rings. The van der Waals surface area contributed by atoms with Gasteiger partial charge in [-0.3, -0.25) is 0 Å². The summed E-state index contributed by atoms with van der Waals surface area (Å²) >= 11 is 0. The molecule has 0 aliphatic carbocycles. The Morgan fingerprint density at radius 2 is 1.42 bits per heavy atom. The SMILES string of the molecule is CC(C)(C)c1ccc(OC(=O)C#Cc2cccc(-c3ccc(C(F)(F)F)cc3)c2)cc1. The Labute approximate surface area is 179 Å². The smallest absolute Gasteiger partial charge is 0.416 e. The quantitative estimate of drug-likeness (QED) is 0.263. The van der Waals surface area contributed by atoms with Crippen LogP contribution in [0.25, 0.3) is 11.1 Å². The second kappa shape index (κ2) is 8.69. The van der Waals surface area contributed by atoms with Crippen LogP contribution in [0.1, 0.15) is 37.5 Å². The second-order valence-electron chi connectivity index (χ2n) is 8.07. The van der Waals surface area contributed by atoms with E-state index in [-0.39, 0.29) is 5.41 Å². The van der Waals surface area contributed by atoms with Crippen LogP contribution in [0.2, 0.25) is 0 Å². The minimum Gasteiger partial charge on any atom is -0.417 e. The fourth-order valence-corrected chi connectivity index (χ4v) is 2.91. The molecule has 3 rings (SSSR count). The van der Waals surface area contributed by atoms with Crippen molar-refractivity contribution in [1.29, 1.82) is 0 Å². The first-order chi connectivity index (χ1) is 14.5. The van der Waals surface area contributed by atoms with Gasteiger partial charge in [0.15, 0.2) is 0 Å². The summed E-state index contributed by atoms with van der Waals surface area (Å²) in [5, 5.41) is 0. The van der Waals surface area contributed by atoms with Crippen LogP contribution in [0.4, 0.5) is 13.2 Å². The molecule has 158 valence electrons. The van der Waals surface area contributed by atoms with E-state index < -0.39 is 17.7 Å². The van der Waals surface area contributed by atoms with E-state index in [0.717, 1.165) is 17.7 Å². The molecular weight excluding hydrogens is 401 g/mol. The number of ether oxygens (including phenoxy) is 1. The molecule has 3 aromatic rings. The van der Waals surface area contributed by atoms with E-state index in [4.69, 9.17) is 4.74 Å². The fourth-order valence-electron chi connectivity index (χ4n) is 2.91. The first kappa shape index (κ1) is 22.2. The van der Waals surface area contributed by atoms with E-state index >= 15 is 0 Å². The van der Waals surface area contributed by atoms with Gasteiger partial charge in [0.1, 0.15) is 5.75 Å². The third kappa shape index (κ3) is 5.99. The Hall–Kier alpha value is -3.52. The third-order valence-corrected chi connectivity index (χ3v) is 4.65. The van der Waals surface area contributed by atoms with Crippen molar-refractivity contribution in [3.8, 4) is 28.7 Å². The van der Waals surface area contributed by atoms with Crippen LogP contribution in [-0.2, 0) is 16.4 Å². The van der Waals surface area contributed by atoms with E-state index in [9.17, 15) is 18.0 Å². The standard InChI is InChI=1S/C26H21F3O2/c1-25(2,3)21-12-14-23(15-13-21)31-24(30)16-7-18-5-4-6-20(17-18)19-8-10-22(11-9-19)26(27,28)29/h4-6,8-15,17H,1-3H3. The Kier molecular flexibility index (Phi) is 6.21. The molecule has 31 heavy (non-hydrogen) atoms. The first-order valence-electron chi connectivity index (χ1n) is 9.64. The number of benzene rings is 3. The molecule has 0 aliphatic rings. The van der Waals surface area contributed by atoms with Gasteiger partial charge in [0.25, 0.3) is 0 Å². The number of hydrogen-bond donors (Lipinski definition) is 0. The van der Waals surface area contributed by atoms with Crippen molar-refractivity contribution in [2.45, 2.75) is 32.4 Å². The Morgan fingerprint density at radius 3 is 2.00 bits per heavy atom. The van der Waals surface area contributed by atoms with Gasteiger partial charge in [-0.25, -0.2) is 4.79 Å². The van der Waals surface area contributed by atoms with Crippen molar-refractivity contribution >= 4 is 5.97 Å². The van der Waals surface area contributed by atoms with E-state index in [1.54, 1.807) is 36.4 Å². The summed E-state index contributed by atoms with van der Waals surface area (Å²) in [6.07, 6.45) is -4.38. The molecule has 0 atom stereocenters. The lowest BCUT2D eigenvalue weighted by atomic mass is 9.87. The molecule has 0 heterocycles. The number of halogens is 3. The molecule has 0 aromatic heterocycles. The van der Waals surface area contributed by atoms with Crippen molar-refractivity contribution < 1.29 is 22.7 Å². The van der Waals surface area contributed by atoms with E-state index in [1.165, 1.54) is 12.1 Å². The summed E-state index contributed by atoms with van der Waals surface area (Å²) in [6, 6.07) is 19.1. The zero-order valence-electron chi connectivity index (χ0n) is 17.4. The van der Waals surface area contributed by atoms with Gasteiger partial charge in [0.05, 0.1) is 5.56 Å². The zero-order chi connectivity index (χ0) is 22.6. The van der Waals surface area contributed by atoms with Gasteiger partial charge in [-0.15, -0.1) is 0 Å². The van der Waals surface area contributed by atoms with Gasteiger partial charge >= 0.3 is 12.1 Å². The fraction of sp³-hybridized carbons (Fsp3) is 0.192. The second-order valence-corrected chi connectivity index (χ2v) is 8.07. The molecule has 0 saturated heterocycles. The number of hydrogen-bond acceptors (Lipinski definition) is 2. The summed E-state index contributed by atoms with van der Waals surface area (Å²) in [4.78, 5) is 12.1. The average molecular weight is 422 g/mol. The van der Waals surface area contributed by atoms with Crippen molar-refractivity contribution in [3.63, 3.8) is 0 Å². The average Bonchev–Trinajstić information content (AvgIpc) is 2.72. The lowest BCUT2D eigenvalue weighted by molar-refractivity contribution is -0.137. The maximum absolute atomic E-state index is 12.7. The lowest BCUT2D eigenvalue weighted by Gasteiger charge is -2.18. The van der Waals surface area contributed by atoms with Crippen LogP contribution in [0.3, 0.4) is 0 Å². The molecule has 0 aliphatic heterocycles. The summed E-state index contributed by atoms with van der Waals surface area (Å²) < 4.78 is 43.4. The van der Waals surface area contributed by atoms with Gasteiger partial charge < -0.3 is 4.74 Å². The van der Waals surface area contributed by atoms with E-state index in [2.05, 4.69) is 32.6 Å². The van der Waals surface area contributed by atoms with Gasteiger partial charge in [0.2, 0.25) is 0 Å². The molecule has 2 nitrogen and oxygen atoms in total. The van der Waals surface area contributed by atoms with Gasteiger partial charge in [-0.05, 0) is 58.5 Å². The largest absolute Gasteiger partial charge is 0.417 e. The predicted octanol–water partition coefficient (Wildman–Crippen LogP) is 6.63. The van der Waals surface area contributed by atoms with Crippen LogP contribution in [0.5, 0.6) is 5.75 Å². The topological polar surface area (TPSA) is 26.3 Å². The lowest BCUT2D eigenvalue weighted by Crippen LogP contribution is -2.11. The van der Waals surface area contributed by atoms with Crippen LogP contribution in [0, 0.1) is 11.8 Å². The van der Waals surface area contributed by atoms with Crippen LogP contribution in [-0.4, -0.2) is 5.97 Å². The molecule has 0 bridgehead atoms. The van der Waals surface area contributed by atoms with Gasteiger partial charge in [0, 0.05) is 11.5 Å². The number of carbonyl (C=O) groups excluding carboxylic acids is 1. The molecule has 0 saturated carbocycles. The molecular formula is C26H21F3O2. The molecule has 0 radical (unpaired) electrons. The van der Waals surface area contributed by atoms with Crippen LogP contribution in [0.15, 0.2) is 72.8 Å². The molecule has 0 amide bonds. The molecule has 0 N–H and O–H groups in total. The minimum atomic E-state index is -4.38. The zero-order valence-corrected chi connectivity index (χ0v) is 17.4. The minimum absolute atomic E-state index is 0.000424. The van der Waals surface area contributed by atoms with Gasteiger partial charge in [-0.2, -0.15) is 13.2 Å². The van der Waals surface area contributed by atoms with E-state index in [1.807, 2.05) is 12.1 Å². The molecule has 0 unspecified atom stereocenters. The highest BCUT2D eigenvalue weighted by atomic mass is 19.4. The number of carbonyl (C=O) groups is 1. The van der Waals surface area contributed by atoms with Crippen LogP contribution < -0.4 is 4.74 Å². The molecule has 3 aromatic carbocycles. The summed E-state index contributed by atoms with van der Waals surface area (Å²) in [5.74, 6) is 4.90. The van der Waals surface area contributed by atoms with Crippen molar-refractivity contribution in [1.82, 2.24) is 0 Å². The molecule has 5 heteroatoms. The predicted molar refractivity (Wildman–Crippen MR) is 115 cm³/mol. The van der Waals surface area contributed by atoms with Crippen molar-refractivity contribution in [2.75, 3.05) is 0 Å². The Balaban J connectivity index is 1.71.